The van der Waals surface area contributed by atoms with Crippen molar-refractivity contribution in [3.05, 3.63) is 54.7 Å². The van der Waals surface area contributed by atoms with Gasteiger partial charge < -0.3 is 19.6 Å². The summed E-state index contributed by atoms with van der Waals surface area (Å²) >= 11 is 0. The number of likely N-dealkylation sites (tertiary alicyclic amines) is 1. The Morgan fingerprint density at radius 3 is 2.82 bits per heavy atom. The number of furan rings is 1. The van der Waals surface area contributed by atoms with Crippen LogP contribution in [0.2, 0.25) is 0 Å². The SMILES string of the molecule is O=C(NCCCn1cnc2ccccc21)NCC(c1ccco1)N1CCCC1. The van der Waals surface area contributed by atoms with Crippen LogP contribution in [0, 0.1) is 0 Å². The molecular weight excluding hydrogens is 354 g/mol. The van der Waals surface area contributed by atoms with Gasteiger partial charge in [0.1, 0.15) is 5.76 Å². The van der Waals surface area contributed by atoms with Gasteiger partial charge in [-0.05, 0) is 56.6 Å². The summed E-state index contributed by atoms with van der Waals surface area (Å²) in [6, 6.07) is 11.9. The average Bonchev–Trinajstić information content (AvgIpc) is 3.48. The van der Waals surface area contributed by atoms with Gasteiger partial charge in [0.05, 0.1) is 29.7 Å². The van der Waals surface area contributed by atoms with Crippen molar-refractivity contribution in [2.45, 2.75) is 31.8 Å². The van der Waals surface area contributed by atoms with Gasteiger partial charge in [-0.3, -0.25) is 4.90 Å². The third kappa shape index (κ3) is 4.36. The van der Waals surface area contributed by atoms with Crippen molar-refractivity contribution in [2.24, 2.45) is 0 Å². The Morgan fingerprint density at radius 2 is 2.00 bits per heavy atom. The van der Waals surface area contributed by atoms with Crippen LogP contribution in [0.25, 0.3) is 11.0 Å². The van der Waals surface area contributed by atoms with Crippen molar-refractivity contribution >= 4 is 17.1 Å². The highest BCUT2D eigenvalue weighted by Crippen LogP contribution is 2.24. The summed E-state index contributed by atoms with van der Waals surface area (Å²) in [5, 5.41) is 5.95. The van der Waals surface area contributed by atoms with Crippen LogP contribution in [0.1, 0.15) is 31.1 Å². The molecule has 1 unspecified atom stereocenters. The fourth-order valence-corrected chi connectivity index (χ4v) is 3.84. The van der Waals surface area contributed by atoms with Crippen molar-refractivity contribution in [1.82, 2.24) is 25.1 Å². The van der Waals surface area contributed by atoms with Crippen LogP contribution < -0.4 is 10.6 Å². The molecule has 3 heterocycles. The highest BCUT2D eigenvalue weighted by Gasteiger charge is 2.25. The molecule has 0 saturated carbocycles. The molecule has 0 aliphatic carbocycles. The Hall–Kier alpha value is -2.80. The van der Waals surface area contributed by atoms with Crippen molar-refractivity contribution in [1.29, 1.82) is 0 Å². The van der Waals surface area contributed by atoms with Crippen LogP contribution >= 0.6 is 0 Å². The third-order valence-corrected chi connectivity index (χ3v) is 5.30. The normalized spacial score (nSPS) is 15.7. The van der Waals surface area contributed by atoms with Gasteiger partial charge in [0.15, 0.2) is 0 Å². The van der Waals surface area contributed by atoms with Gasteiger partial charge in [-0.25, -0.2) is 9.78 Å². The van der Waals surface area contributed by atoms with Crippen LogP contribution in [0.4, 0.5) is 4.79 Å². The molecule has 0 radical (unpaired) electrons. The molecule has 4 rings (SSSR count). The predicted octanol–water partition coefficient (Wildman–Crippen LogP) is 3.16. The number of nitrogens with one attached hydrogen (secondary N) is 2. The van der Waals surface area contributed by atoms with E-state index in [0.717, 1.165) is 42.8 Å². The molecule has 1 atom stereocenters. The molecule has 2 N–H and O–H groups in total. The zero-order valence-electron chi connectivity index (χ0n) is 16.0. The number of urea groups is 1. The Kier molecular flexibility index (Phi) is 5.92. The number of amides is 2. The van der Waals surface area contributed by atoms with Crippen molar-refractivity contribution in [2.75, 3.05) is 26.2 Å². The summed E-state index contributed by atoms with van der Waals surface area (Å²) < 4.78 is 7.71. The first-order chi connectivity index (χ1) is 13.8. The Labute approximate surface area is 164 Å². The molecule has 148 valence electrons. The first-order valence-electron chi connectivity index (χ1n) is 10.0. The van der Waals surface area contributed by atoms with Crippen LogP contribution in [0.15, 0.2) is 53.4 Å². The highest BCUT2D eigenvalue weighted by molar-refractivity contribution is 5.75. The number of carbonyl (C=O) groups excluding carboxylic acids is 1. The molecule has 7 heteroatoms. The van der Waals surface area contributed by atoms with E-state index in [1.807, 2.05) is 36.7 Å². The molecule has 2 amide bonds. The first-order valence-corrected chi connectivity index (χ1v) is 10.0. The van der Waals surface area contributed by atoms with Gasteiger partial charge in [0.25, 0.3) is 0 Å². The van der Waals surface area contributed by atoms with Crippen LogP contribution in [-0.2, 0) is 6.54 Å². The number of fused-ring (bicyclic) bond motifs is 1. The molecule has 1 fully saturated rings. The van der Waals surface area contributed by atoms with Crippen LogP contribution in [-0.4, -0.2) is 46.7 Å². The van der Waals surface area contributed by atoms with Gasteiger partial charge in [-0.1, -0.05) is 12.1 Å². The van der Waals surface area contributed by atoms with E-state index < -0.39 is 0 Å². The number of benzene rings is 1. The lowest BCUT2D eigenvalue weighted by Gasteiger charge is -2.26. The number of aromatic nitrogens is 2. The Morgan fingerprint density at radius 1 is 1.14 bits per heavy atom. The second-order valence-electron chi connectivity index (χ2n) is 7.19. The largest absolute Gasteiger partial charge is 0.468 e. The monoisotopic (exact) mass is 381 g/mol. The number of nitrogens with zero attached hydrogens (tertiary/aromatic N) is 3. The molecule has 3 aromatic rings. The van der Waals surface area contributed by atoms with Gasteiger partial charge in [-0.15, -0.1) is 0 Å². The van der Waals surface area contributed by atoms with E-state index >= 15 is 0 Å². The smallest absolute Gasteiger partial charge is 0.314 e. The maximum Gasteiger partial charge on any atom is 0.314 e. The molecule has 1 aliphatic heterocycles. The number of rotatable bonds is 8. The minimum atomic E-state index is -0.133. The third-order valence-electron chi connectivity index (χ3n) is 5.30. The topological polar surface area (TPSA) is 75.3 Å². The van der Waals surface area contributed by atoms with E-state index in [9.17, 15) is 4.79 Å². The second-order valence-corrected chi connectivity index (χ2v) is 7.19. The summed E-state index contributed by atoms with van der Waals surface area (Å²) in [7, 11) is 0. The van der Waals surface area contributed by atoms with Gasteiger partial charge in [0.2, 0.25) is 0 Å². The summed E-state index contributed by atoms with van der Waals surface area (Å²) in [4.78, 5) is 19.0. The fraction of sp³-hybridized carbons (Fsp3) is 0.429. The molecule has 1 saturated heterocycles. The molecule has 1 aliphatic rings. The maximum atomic E-state index is 12.2. The molecule has 0 bridgehead atoms. The highest BCUT2D eigenvalue weighted by atomic mass is 16.3. The minimum Gasteiger partial charge on any atom is -0.468 e. The Bertz CT molecular complexity index is 883. The number of hydrogen-bond acceptors (Lipinski definition) is 4. The zero-order chi connectivity index (χ0) is 19.2. The summed E-state index contributed by atoms with van der Waals surface area (Å²) in [6.07, 6.45) is 6.80. The van der Waals surface area contributed by atoms with Crippen molar-refractivity contribution < 1.29 is 9.21 Å². The van der Waals surface area contributed by atoms with E-state index in [4.69, 9.17) is 4.42 Å². The quantitative estimate of drug-likeness (QED) is 0.588. The van der Waals surface area contributed by atoms with E-state index in [2.05, 4.69) is 31.2 Å². The van der Waals surface area contributed by atoms with E-state index in [0.29, 0.717) is 13.1 Å². The average molecular weight is 381 g/mol. The first kappa shape index (κ1) is 18.6. The van der Waals surface area contributed by atoms with Gasteiger partial charge in [-0.2, -0.15) is 0 Å². The van der Waals surface area contributed by atoms with Crippen LogP contribution in [0.3, 0.4) is 0 Å². The van der Waals surface area contributed by atoms with Crippen LogP contribution in [0.5, 0.6) is 0 Å². The fourth-order valence-electron chi connectivity index (χ4n) is 3.84. The van der Waals surface area contributed by atoms with Crippen molar-refractivity contribution in [3.8, 4) is 0 Å². The van der Waals surface area contributed by atoms with E-state index in [1.165, 1.54) is 12.8 Å². The van der Waals surface area contributed by atoms with E-state index in [-0.39, 0.29) is 12.1 Å². The lowest BCUT2D eigenvalue weighted by Crippen LogP contribution is -2.41. The number of carbonyl (C=O) groups is 1. The maximum absolute atomic E-state index is 12.2. The van der Waals surface area contributed by atoms with Crippen molar-refractivity contribution in [3.63, 3.8) is 0 Å². The molecule has 2 aromatic heterocycles. The van der Waals surface area contributed by atoms with Gasteiger partial charge in [0, 0.05) is 19.6 Å². The number of para-hydroxylation sites is 2. The zero-order valence-corrected chi connectivity index (χ0v) is 16.0. The predicted molar refractivity (Wildman–Crippen MR) is 108 cm³/mol. The summed E-state index contributed by atoms with van der Waals surface area (Å²) in [6.45, 7) is 4.09. The summed E-state index contributed by atoms with van der Waals surface area (Å²) in [5.74, 6) is 0.911. The van der Waals surface area contributed by atoms with E-state index in [1.54, 1.807) is 6.26 Å². The molecular formula is C21H27N5O2. The van der Waals surface area contributed by atoms with Gasteiger partial charge >= 0.3 is 6.03 Å². The number of aryl methyl sites for hydroxylation is 1. The molecule has 7 nitrogen and oxygen atoms in total. The Balaban J connectivity index is 1.22. The lowest BCUT2D eigenvalue weighted by molar-refractivity contribution is 0.203. The second kappa shape index (κ2) is 8.93. The molecule has 28 heavy (non-hydrogen) atoms. The molecule has 0 spiro atoms. The minimum absolute atomic E-state index is 0.0977. The lowest BCUT2D eigenvalue weighted by atomic mass is 10.2. The number of hydrogen-bond donors (Lipinski definition) is 2. The number of imidazole rings is 1. The summed E-state index contributed by atoms with van der Waals surface area (Å²) in [5.41, 5.74) is 2.12. The standard InChI is InChI=1S/C21H27N5O2/c27-21(22-10-6-13-26-16-24-17-7-1-2-8-18(17)26)23-15-19(20-9-5-14-28-20)25-11-3-4-12-25/h1-2,5,7-9,14,16,19H,3-4,6,10-13,15H2,(H2,22,23,27). The molecule has 1 aromatic carbocycles.